The quantitative estimate of drug-likeness (QED) is 0.457. The van der Waals surface area contributed by atoms with Crippen molar-refractivity contribution >= 4 is 17.7 Å². The van der Waals surface area contributed by atoms with E-state index in [1.165, 1.54) is 11.8 Å². The first-order valence-corrected chi connectivity index (χ1v) is 11.3. The van der Waals surface area contributed by atoms with Gasteiger partial charge in [0.25, 0.3) is 5.91 Å². The van der Waals surface area contributed by atoms with E-state index in [9.17, 15) is 4.79 Å². The van der Waals surface area contributed by atoms with Gasteiger partial charge >= 0.3 is 0 Å². The predicted octanol–water partition coefficient (Wildman–Crippen LogP) is 3.98. The summed E-state index contributed by atoms with van der Waals surface area (Å²) in [7, 11) is 0. The van der Waals surface area contributed by atoms with Crippen molar-refractivity contribution in [3.63, 3.8) is 0 Å². The molecule has 0 radical (unpaired) electrons. The van der Waals surface area contributed by atoms with Crippen LogP contribution in [0.4, 0.5) is 0 Å². The SMILES string of the molecule is Cc1cc(C)nc(SCc2c(C(=O)N3CCCCC3C)nnn2-c2ccccc2)n1. The molecule has 0 N–H and O–H groups in total. The summed E-state index contributed by atoms with van der Waals surface area (Å²) >= 11 is 1.50. The van der Waals surface area contributed by atoms with E-state index in [0.29, 0.717) is 16.6 Å². The van der Waals surface area contributed by atoms with Gasteiger partial charge in [-0.3, -0.25) is 4.79 Å². The number of aryl methyl sites for hydroxylation is 2. The van der Waals surface area contributed by atoms with Gasteiger partial charge in [0.05, 0.1) is 11.4 Å². The molecule has 0 bridgehead atoms. The summed E-state index contributed by atoms with van der Waals surface area (Å²) in [6.45, 7) is 6.80. The minimum absolute atomic E-state index is 0.0404. The number of piperidine rings is 1. The number of benzene rings is 1. The average Bonchev–Trinajstić information content (AvgIpc) is 3.16. The normalized spacial score (nSPS) is 16.6. The number of likely N-dealkylation sites (tertiary alicyclic amines) is 1. The van der Waals surface area contributed by atoms with Crippen LogP contribution in [0, 0.1) is 13.8 Å². The van der Waals surface area contributed by atoms with Crippen LogP contribution in [-0.2, 0) is 5.75 Å². The Bertz CT molecular complexity index is 1020. The third-order valence-corrected chi connectivity index (χ3v) is 6.19. The molecule has 2 aromatic heterocycles. The second kappa shape index (κ2) is 8.95. The van der Waals surface area contributed by atoms with Crippen molar-refractivity contribution in [1.82, 2.24) is 29.9 Å². The van der Waals surface area contributed by atoms with E-state index >= 15 is 0 Å². The molecule has 1 aliphatic heterocycles. The van der Waals surface area contributed by atoms with Gasteiger partial charge in [0, 0.05) is 29.7 Å². The van der Waals surface area contributed by atoms with Crippen LogP contribution in [0.2, 0.25) is 0 Å². The van der Waals surface area contributed by atoms with Gasteiger partial charge in [-0.25, -0.2) is 14.6 Å². The van der Waals surface area contributed by atoms with Crippen LogP contribution in [-0.4, -0.2) is 48.4 Å². The average molecular weight is 423 g/mol. The minimum atomic E-state index is -0.0404. The molecule has 1 saturated heterocycles. The van der Waals surface area contributed by atoms with Crippen molar-refractivity contribution in [3.05, 3.63) is 59.2 Å². The van der Waals surface area contributed by atoms with Crippen molar-refractivity contribution < 1.29 is 4.79 Å². The molecule has 0 aliphatic carbocycles. The molecular formula is C22H26N6OS. The molecule has 1 fully saturated rings. The van der Waals surface area contributed by atoms with Crippen molar-refractivity contribution in [2.75, 3.05) is 6.54 Å². The molecule has 3 aromatic rings. The van der Waals surface area contributed by atoms with E-state index in [1.807, 2.05) is 55.1 Å². The second-order valence-electron chi connectivity index (χ2n) is 7.70. The molecule has 1 amide bonds. The molecule has 30 heavy (non-hydrogen) atoms. The summed E-state index contributed by atoms with van der Waals surface area (Å²) in [6.07, 6.45) is 3.22. The number of amides is 1. The number of hydrogen-bond acceptors (Lipinski definition) is 6. The number of thioether (sulfide) groups is 1. The monoisotopic (exact) mass is 422 g/mol. The van der Waals surface area contributed by atoms with Crippen molar-refractivity contribution in [1.29, 1.82) is 0 Å². The van der Waals surface area contributed by atoms with Crippen molar-refractivity contribution in [2.45, 2.75) is 57.0 Å². The number of carbonyl (C=O) groups is 1. The molecule has 3 heterocycles. The number of nitrogens with zero attached hydrogens (tertiary/aromatic N) is 6. The topological polar surface area (TPSA) is 76.8 Å². The van der Waals surface area contributed by atoms with Gasteiger partial charge < -0.3 is 4.90 Å². The zero-order valence-electron chi connectivity index (χ0n) is 17.6. The lowest BCUT2D eigenvalue weighted by atomic mass is 10.0. The Morgan fingerprint density at radius 3 is 2.57 bits per heavy atom. The minimum Gasteiger partial charge on any atom is -0.334 e. The smallest absolute Gasteiger partial charge is 0.276 e. The molecule has 0 spiro atoms. The van der Waals surface area contributed by atoms with E-state index < -0.39 is 0 Å². The third-order valence-electron chi connectivity index (χ3n) is 5.33. The number of hydrogen-bond donors (Lipinski definition) is 0. The first-order valence-electron chi connectivity index (χ1n) is 10.3. The standard InChI is InChI=1S/C22H26N6OS/c1-15-13-16(2)24-22(23-15)30-14-19-20(21(29)27-12-8-7-9-17(27)3)25-26-28(19)18-10-5-4-6-11-18/h4-6,10-11,13,17H,7-9,12,14H2,1-3H3. The van der Waals surface area contributed by atoms with E-state index in [-0.39, 0.29) is 11.9 Å². The first-order chi connectivity index (χ1) is 14.5. The molecule has 8 heteroatoms. The summed E-state index contributed by atoms with van der Waals surface area (Å²) in [6, 6.07) is 12.0. The summed E-state index contributed by atoms with van der Waals surface area (Å²) < 4.78 is 1.76. The van der Waals surface area contributed by atoms with E-state index in [4.69, 9.17) is 0 Å². The molecule has 1 aliphatic rings. The Labute approximate surface area is 180 Å². The maximum Gasteiger partial charge on any atom is 0.276 e. The van der Waals surface area contributed by atoms with Gasteiger partial charge in [-0.15, -0.1) is 5.10 Å². The Morgan fingerprint density at radius 1 is 1.13 bits per heavy atom. The van der Waals surface area contributed by atoms with Gasteiger partial charge in [0.2, 0.25) is 0 Å². The number of rotatable bonds is 5. The van der Waals surface area contributed by atoms with Crippen LogP contribution in [0.5, 0.6) is 0 Å². The Hall–Kier alpha value is -2.74. The van der Waals surface area contributed by atoms with Crippen molar-refractivity contribution in [3.8, 4) is 5.69 Å². The molecule has 1 unspecified atom stereocenters. The van der Waals surface area contributed by atoms with Gasteiger partial charge in [-0.1, -0.05) is 35.2 Å². The van der Waals surface area contributed by atoms with Crippen LogP contribution < -0.4 is 0 Å². The Morgan fingerprint density at radius 2 is 1.87 bits per heavy atom. The molecule has 156 valence electrons. The highest BCUT2D eigenvalue weighted by molar-refractivity contribution is 7.98. The van der Waals surface area contributed by atoms with E-state index in [2.05, 4.69) is 27.2 Å². The maximum absolute atomic E-state index is 13.4. The fraction of sp³-hybridized carbons (Fsp3) is 0.409. The third kappa shape index (κ3) is 4.38. The number of carbonyl (C=O) groups excluding carboxylic acids is 1. The predicted molar refractivity (Wildman–Crippen MR) is 117 cm³/mol. The number of para-hydroxylation sites is 1. The summed E-state index contributed by atoms with van der Waals surface area (Å²) in [4.78, 5) is 24.3. The van der Waals surface area contributed by atoms with E-state index in [1.54, 1.807) is 4.68 Å². The lowest BCUT2D eigenvalue weighted by molar-refractivity contribution is 0.0628. The van der Waals surface area contributed by atoms with Gasteiger partial charge in [-0.05, 0) is 58.2 Å². The van der Waals surface area contributed by atoms with Gasteiger partial charge in [0.1, 0.15) is 0 Å². The van der Waals surface area contributed by atoms with Gasteiger partial charge in [-0.2, -0.15) is 0 Å². The lowest BCUT2D eigenvalue weighted by Crippen LogP contribution is -2.42. The molecule has 7 nitrogen and oxygen atoms in total. The first kappa shape index (κ1) is 20.5. The zero-order valence-corrected chi connectivity index (χ0v) is 18.4. The summed E-state index contributed by atoms with van der Waals surface area (Å²) in [5.74, 6) is 0.468. The molecule has 1 atom stereocenters. The van der Waals surface area contributed by atoms with Crippen LogP contribution in [0.25, 0.3) is 5.69 Å². The maximum atomic E-state index is 13.4. The highest BCUT2D eigenvalue weighted by atomic mass is 32.2. The molecule has 4 rings (SSSR count). The Kier molecular flexibility index (Phi) is 6.13. The van der Waals surface area contributed by atoms with Crippen molar-refractivity contribution in [2.24, 2.45) is 0 Å². The summed E-state index contributed by atoms with van der Waals surface area (Å²) in [5.41, 5.74) is 3.94. The van der Waals surface area contributed by atoms with E-state index in [0.717, 1.165) is 48.6 Å². The van der Waals surface area contributed by atoms with Crippen LogP contribution in [0.15, 0.2) is 41.6 Å². The highest BCUT2D eigenvalue weighted by Crippen LogP contribution is 2.26. The highest BCUT2D eigenvalue weighted by Gasteiger charge is 2.29. The van der Waals surface area contributed by atoms with Crippen LogP contribution >= 0.6 is 11.8 Å². The molecule has 1 aromatic carbocycles. The van der Waals surface area contributed by atoms with Crippen LogP contribution in [0.3, 0.4) is 0 Å². The fourth-order valence-electron chi connectivity index (χ4n) is 3.80. The largest absolute Gasteiger partial charge is 0.334 e. The van der Waals surface area contributed by atoms with Crippen LogP contribution in [0.1, 0.15) is 53.8 Å². The fourth-order valence-corrected chi connectivity index (χ4v) is 4.74. The summed E-state index contributed by atoms with van der Waals surface area (Å²) in [5, 5.41) is 9.35. The number of aromatic nitrogens is 5. The second-order valence-corrected chi connectivity index (χ2v) is 8.64. The lowest BCUT2D eigenvalue weighted by Gasteiger charge is -2.33. The Balaban J connectivity index is 1.68. The molecule has 0 saturated carbocycles. The zero-order chi connectivity index (χ0) is 21.1. The molecular weight excluding hydrogens is 396 g/mol. The van der Waals surface area contributed by atoms with Gasteiger partial charge in [0.15, 0.2) is 10.9 Å².